The quantitative estimate of drug-likeness (QED) is 0.378. The first-order valence-corrected chi connectivity index (χ1v) is 9.77. The summed E-state index contributed by atoms with van der Waals surface area (Å²) in [5, 5.41) is 2.92. The van der Waals surface area contributed by atoms with E-state index in [0.717, 1.165) is 29.8 Å². The molecule has 2 aromatic heterocycles. The van der Waals surface area contributed by atoms with Gasteiger partial charge in [0.2, 0.25) is 0 Å². The normalized spacial score (nSPS) is 11.6. The zero-order valence-corrected chi connectivity index (χ0v) is 16.6. The van der Waals surface area contributed by atoms with Crippen LogP contribution in [0.4, 0.5) is 24.7 Å². The van der Waals surface area contributed by atoms with Crippen LogP contribution in [0.1, 0.15) is 35.7 Å². The molecule has 4 aromatic rings. The second-order valence-corrected chi connectivity index (χ2v) is 7.07. The van der Waals surface area contributed by atoms with E-state index in [4.69, 9.17) is 0 Å². The van der Waals surface area contributed by atoms with Gasteiger partial charge in [-0.2, -0.15) is 13.2 Å². The first-order valence-electron chi connectivity index (χ1n) is 9.77. The summed E-state index contributed by atoms with van der Waals surface area (Å²) in [7, 11) is 0. The Balaban J connectivity index is 1.70. The van der Waals surface area contributed by atoms with E-state index < -0.39 is 11.7 Å². The number of rotatable bonds is 6. The van der Waals surface area contributed by atoms with Crippen LogP contribution in [-0.2, 0) is 6.18 Å². The van der Waals surface area contributed by atoms with Gasteiger partial charge in [-0.3, -0.25) is 9.20 Å². The third-order valence-corrected chi connectivity index (χ3v) is 4.84. The Bertz CT molecular complexity index is 1250. The summed E-state index contributed by atoms with van der Waals surface area (Å²) in [4.78, 5) is 20.9. The lowest BCUT2D eigenvalue weighted by atomic mass is 10.0. The number of hydrogen-bond acceptors (Lipinski definition) is 4. The van der Waals surface area contributed by atoms with Crippen LogP contribution in [0, 0.1) is 0 Å². The van der Waals surface area contributed by atoms with Gasteiger partial charge >= 0.3 is 6.18 Å². The number of halogens is 3. The highest BCUT2D eigenvalue weighted by Crippen LogP contribution is 2.32. The predicted octanol–water partition coefficient (Wildman–Crippen LogP) is 6.14. The van der Waals surface area contributed by atoms with Gasteiger partial charge < -0.3 is 5.32 Å². The fourth-order valence-corrected chi connectivity index (χ4v) is 3.35. The lowest BCUT2D eigenvalue weighted by Gasteiger charge is -2.11. The summed E-state index contributed by atoms with van der Waals surface area (Å²) >= 11 is 0. The number of benzene rings is 2. The molecule has 8 heteroatoms. The van der Waals surface area contributed by atoms with Crippen LogP contribution < -0.4 is 5.32 Å². The van der Waals surface area contributed by atoms with E-state index in [2.05, 4.69) is 15.3 Å². The van der Waals surface area contributed by atoms with Crippen LogP contribution in [0.15, 0.2) is 67.1 Å². The molecular weight excluding hydrogens is 405 g/mol. The van der Waals surface area contributed by atoms with E-state index in [1.807, 2.05) is 25.1 Å². The van der Waals surface area contributed by atoms with Crippen molar-refractivity contribution in [1.29, 1.82) is 0 Å². The molecule has 0 amide bonds. The highest BCUT2D eigenvalue weighted by Gasteiger charge is 2.30. The maximum Gasteiger partial charge on any atom is 0.416 e. The molecule has 0 atom stereocenters. The number of hydrogen-bond donors (Lipinski definition) is 1. The molecule has 0 fully saturated rings. The second kappa shape index (κ2) is 8.22. The molecule has 2 aromatic carbocycles. The van der Waals surface area contributed by atoms with Crippen LogP contribution in [0.25, 0.3) is 16.9 Å². The molecule has 0 spiro atoms. The maximum atomic E-state index is 13.0. The average molecular weight is 424 g/mol. The minimum atomic E-state index is -4.43. The number of carbonyl (C=O) groups is 1. The number of alkyl halides is 3. The van der Waals surface area contributed by atoms with E-state index in [9.17, 15) is 18.0 Å². The van der Waals surface area contributed by atoms with Crippen molar-refractivity contribution < 1.29 is 18.0 Å². The zero-order valence-electron chi connectivity index (χ0n) is 16.6. The molecule has 5 nitrogen and oxygen atoms in total. The number of nitrogens with one attached hydrogen (secondary N) is 1. The highest BCUT2D eigenvalue weighted by atomic mass is 19.4. The number of nitrogens with zero attached hydrogens (tertiary/aromatic N) is 3. The van der Waals surface area contributed by atoms with Crippen LogP contribution >= 0.6 is 0 Å². The van der Waals surface area contributed by atoms with Crippen molar-refractivity contribution in [3.63, 3.8) is 0 Å². The largest absolute Gasteiger partial charge is 0.416 e. The van der Waals surface area contributed by atoms with Crippen molar-refractivity contribution in [2.75, 3.05) is 5.32 Å². The molecule has 0 radical (unpaired) electrons. The predicted molar refractivity (Wildman–Crippen MR) is 112 cm³/mol. The molecule has 0 bridgehead atoms. The van der Waals surface area contributed by atoms with Gasteiger partial charge in [0.25, 0.3) is 0 Å². The third kappa shape index (κ3) is 4.28. The molecule has 0 unspecified atom stereocenters. The molecule has 0 aliphatic heterocycles. The summed E-state index contributed by atoms with van der Waals surface area (Å²) in [6, 6.07) is 12.2. The lowest BCUT2D eigenvalue weighted by molar-refractivity contribution is -0.137. The fourth-order valence-electron chi connectivity index (χ4n) is 3.35. The monoisotopic (exact) mass is 424 g/mol. The van der Waals surface area contributed by atoms with Crippen LogP contribution in [-0.4, -0.2) is 20.2 Å². The van der Waals surface area contributed by atoms with Gasteiger partial charge in [0.15, 0.2) is 17.2 Å². The minimum Gasteiger partial charge on any atom is -0.337 e. The van der Waals surface area contributed by atoms with Gasteiger partial charge in [-0.05, 0) is 30.7 Å². The van der Waals surface area contributed by atoms with E-state index in [1.165, 1.54) is 12.1 Å². The van der Waals surface area contributed by atoms with E-state index in [0.29, 0.717) is 23.4 Å². The second-order valence-electron chi connectivity index (χ2n) is 7.07. The van der Waals surface area contributed by atoms with Crippen molar-refractivity contribution in [2.45, 2.75) is 25.9 Å². The number of fused-ring (bicyclic) bond motifs is 1. The SMILES string of the molecule is CCCC(=O)c1cccc(-c2cnc3c(Nc4cccc(C(F)(F)F)c4)nccn23)c1. The Morgan fingerprint density at radius 3 is 2.68 bits per heavy atom. The molecule has 158 valence electrons. The van der Waals surface area contributed by atoms with Gasteiger partial charge in [0.05, 0.1) is 17.5 Å². The summed E-state index contributed by atoms with van der Waals surface area (Å²) in [5.41, 5.74) is 2.15. The molecule has 0 saturated heterocycles. The first kappa shape index (κ1) is 20.6. The number of imidazole rings is 1. The minimum absolute atomic E-state index is 0.0757. The molecule has 31 heavy (non-hydrogen) atoms. The smallest absolute Gasteiger partial charge is 0.337 e. The van der Waals surface area contributed by atoms with Gasteiger partial charge in [-0.1, -0.05) is 31.2 Å². The first-order chi connectivity index (χ1) is 14.9. The molecule has 0 aliphatic carbocycles. The van der Waals surface area contributed by atoms with Crippen molar-refractivity contribution >= 4 is 22.9 Å². The molecular formula is C23H19F3N4O. The number of aromatic nitrogens is 3. The van der Waals surface area contributed by atoms with Gasteiger partial charge in [-0.15, -0.1) is 0 Å². The molecule has 1 N–H and O–H groups in total. The van der Waals surface area contributed by atoms with Crippen LogP contribution in [0.2, 0.25) is 0 Å². The average Bonchev–Trinajstić information content (AvgIpc) is 3.19. The van der Waals surface area contributed by atoms with E-state index in [-0.39, 0.29) is 11.5 Å². The van der Waals surface area contributed by atoms with E-state index >= 15 is 0 Å². The zero-order chi connectivity index (χ0) is 22.0. The van der Waals surface area contributed by atoms with Crippen molar-refractivity contribution in [3.8, 4) is 11.3 Å². The Morgan fingerprint density at radius 1 is 1.10 bits per heavy atom. The Hall–Kier alpha value is -3.68. The molecule has 0 saturated carbocycles. The topological polar surface area (TPSA) is 59.3 Å². The maximum absolute atomic E-state index is 13.0. The lowest BCUT2D eigenvalue weighted by Crippen LogP contribution is -2.05. The Kier molecular flexibility index (Phi) is 5.46. The van der Waals surface area contributed by atoms with Gasteiger partial charge in [-0.25, -0.2) is 9.97 Å². The summed E-state index contributed by atoms with van der Waals surface area (Å²) in [5.74, 6) is 0.401. The number of Topliss-reactive ketones (excluding diaryl/α,β-unsaturated/α-hetero) is 1. The molecule has 0 aliphatic rings. The standard InChI is InChI=1S/C23H19F3N4O/c1-2-5-20(31)16-7-3-6-15(12-16)19-14-28-22-21(27-10-11-30(19)22)29-18-9-4-8-17(13-18)23(24,25)26/h3-4,6-14H,2,5H2,1H3,(H,27,29). The Morgan fingerprint density at radius 2 is 1.90 bits per heavy atom. The number of anilines is 2. The molecule has 2 heterocycles. The van der Waals surface area contributed by atoms with Crippen molar-refractivity contribution in [2.24, 2.45) is 0 Å². The third-order valence-electron chi connectivity index (χ3n) is 4.84. The summed E-state index contributed by atoms with van der Waals surface area (Å²) < 4.78 is 40.8. The highest BCUT2D eigenvalue weighted by molar-refractivity contribution is 5.97. The number of carbonyl (C=O) groups excluding carboxylic acids is 1. The Labute approximate surface area is 176 Å². The number of ketones is 1. The van der Waals surface area contributed by atoms with Crippen LogP contribution in [0.5, 0.6) is 0 Å². The van der Waals surface area contributed by atoms with Gasteiger partial charge in [0.1, 0.15) is 0 Å². The van der Waals surface area contributed by atoms with E-state index in [1.54, 1.807) is 29.1 Å². The fraction of sp³-hybridized carbons (Fsp3) is 0.174. The van der Waals surface area contributed by atoms with Gasteiger partial charge in [0, 0.05) is 35.6 Å². The summed E-state index contributed by atoms with van der Waals surface area (Å²) in [6.07, 6.45) is 1.73. The van der Waals surface area contributed by atoms with Crippen LogP contribution in [0.3, 0.4) is 0 Å². The summed E-state index contributed by atoms with van der Waals surface area (Å²) in [6.45, 7) is 1.96. The molecule has 4 rings (SSSR count). The van der Waals surface area contributed by atoms with Crippen molar-refractivity contribution in [3.05, 3.63) is 78.2 Å². The van der Waals surface area contributed by atoms with Crippen molar-refractivity contribution in [1.82, 2.24) is 14.4 Å².